The maximum Gasteiger partial charge on any atom is 0.271 e. The highest BCUT2D eigenvalue weighted by molar-refractivity contribution is 6.33. The lowest BCUT2D eigenvalue weighted by Crippen LogP contribution is -2.14. The first-order chi connectivity index (χ1) is 10.9. The lowest BCUT2D eigenvalue weighted by atomic mass is 10.1. The topological polar surface area (TPSA) is 84.6 Å². The summed E-state index contributed by atoms with van der Waals surface area (Å²) in [5.41, 5.74) is 1.78. The molecule has 0 heterocycles. The number of non-ortho nitro benzene ring substituents is 1. The largest absolute Gasteiger partial charge is 0.496 e. The first-order valence-corrected chi connectivity index (χ1v) is 7.31. The van der Waals surface area contributed by atoms with Crippen molar-refractivity contribution in [3.63, 3.8) is 0 Å². The minimum Gasteiger partial charge on any atom is -0.496 e. The normalized spacial score (nSPS) is 11.8. The number of halogens is 1. The van der Waals surface area contributed by atoms with Crippen molar-refractivity contribution < 1.29 is 14.8 Å². The molecular weight excluding hydrogens is 320 g/mol. The van der Waals surface area contributed by atoms with Crippen LogP contribution in [-0.2, 0) is 0 Å². The number of nitro groups is 1. The van der Waals surface area contributed by atoms with E-state index in [1.165, 1.54) is 19.2 Å². The predicted octanol–water partition coefficient (Wildman–Crippen LogP) is 3.71. The number of nitro benzene ring substituents is 1. The highest BCUT2D eigenvalue weighted by atomic mass is 35.5. The molecule has 0 aliphatic carbocycles. The fraction of sp³-hybridized carbons (Fsp3) is 0.250. The van der Waals surface area contributed by atoms with E-state index in [2.05, 4.69) is 5.32 Å². The number of benzene rings is 2. The summed E-state index contributed by atoms with van der Waals surface area (Å²) in [5.74, 6) is 0.591. The van der Waals surface area contributed by atoms with Crippen molar-refractivity contribution in [3.8, 4) is 5.75 Å². The Balaban J connectivity index is 2.16. The molecule has 0 radical (unpaired) electrons. The van der Waals surface area contributed by atoms with Gasteiger partial charge in [0.25, 0.3) is 5.69 Å². The molecule has 6 nitrogen and oxygen atoms in total. The summed E-state index contributed by atoms with van der Waals surface area (Å²) in [6.45, 7) is 1.91. The lowest BCUT2D eigenvalue weighted by Gasteiger charge is -2.17. The Morgan fingerprint density at radius 2 is 2.09 bits per heavy atom. The molecule has 2 aromatic rings. The van der Waals surface area contributed by atoms with Gasteiger partial charge in [0.2, 0.25) is 0 Å². The summed E-state index contributed by atoms with van der Waals surface area (Å²) < 4.78 is 5.22. The van der Waals surface area contributed by atoms with Gasteiger partial charge >= 0.3 is 0 Å². The average Bonchev–Trinajstić information content (AvgIpc) is 2.53. The van der Waals surface area contributed by atoms with E-state index < -0.39 is 11.0 Å². The van der Waals surface area contributed by atoms with E-state index >= 15 is 0 Å². The molecule has 7 heteroatoms. The van der Waals surface area contributed by atoms with E-state index in [0.717, 1.165) is 0 Å². The van der Waals surface area contributed by atoms with Gasteiger partial charge in [-0.25, -0.2) is 0 Å². The summed E-state index contributed by atoms with van der Waals surface area (Å²) >= 11 is 6.09. The zero-order valence-corrected chi connectivity index (χ0v) is 13.5. The average molecular weight is 337 g/mol. The van der Waals surface area contributed by atoms with Crippen LogP contribution in [0.25, 0.3) is 0 Å². The molecule has 0 bridgehead atoms. The fourth-order valence-corrected chi connectivity index (χ4v) is 2.63. The monoisotopic (exact) mass is 336 g/mol. The van der Waals surface area contributed by atoms with Crippen LogP contribution in [0, 0.1) is 17.0 Å². The van der Waals surface area contributed by atoms with Gasteiger partial charge in [-0.1, -0.05) is 29.8 Å². The van der Waals surface area contributed by atoms with Crippen molar-refractivity contribution >= 4 is 23.0 Å². The lowest BCUT2D eigenvalue weighted by molar-refractivity contribution is -0.384. The molecule has 2 aromatic carbocycles. The Kier molecular flexibility index (Phi) is 5.41. The van der Waals surface area contributed by atoms with Crippen molar-refractivity contribution in [1.29, 1.82) is 0 Å². The van der Waals surface area contributed by atoms with Crippen molar-refractivity contribution in [2.24, 2.45) is 0 Å². The molecule has 0 aliphatic heterocycles. The van der Waals surface area contributed by atoms with E-state index in [1.54, 1.807) is 19.1 Å². The molecule has 0 spiro atoms. The minimum absolute atomic E-state index is 0.0664. The second-order valence-electron chi connectivity index (χ2n) is 5.02. The number of hydrogen-bond acceptors (Lipinski definition) is 5. The first kappa shape index (κ1) is 17.1. The summed E-state index contributed by atoms with van der Waals surface area (Å²) in [7, 11) is 1.54. The number of aryl methyl sites for hydroxylation is 1. The number of para-hydroxylation sites is 1. The van der Waals surface area contributed by atoms with Crippen LogP contribution in [0.5, 0.6) is 5.75 Å². The molecule has 2 rings (SSSR count). The molecule has 1 atom stereocenters. The molecule has 1 unspecified atom stereocenters. The first-order valence-electron chi connectivity index (χ1n) is 6.93. The van der Waals surface area contributed by atoms with Crippen LogP contribution in [0.4, 0.5) is 11.4 Å². The molecule has 2 N–H and O–H groups in total. The Labute approximate surface area is 138 Å². The van der Waals surface area contributed by atoms with Gasteiger partial charge in [0.15, 0.2) is 0 Å². The van der Waals surface area contributed by atoms with Gasteiger partial charge < -0.3 is 15.2 Å². The number of aliphatic hydroxyl groups is 1. The molecule has 23 heavy (non-hydrogen) atoms. The Bertz CT molecular complexity index is 698. The van der Waals surface area contributed by atoms with Crippen molar-refractivity contribution in [2.75, 3.05) is 19.0 Å². The Morgan fingerprint density at radius 1 is 1.39 bits per heavy atom. The van der Waals surface area contributed by atoms with Gasteiger partial charge in [-0.3, -0.25) is 10.1 Å². The maximum absolute atomic E-state index is 10.8. The van der Waals surface area contributed by atoms with Crippen LogP contribution < -0.4 is 10.1 Å². The van der Waals surface area contributed by atoms with Gasteiger partial charge in [0.05, 0.1) is 28.8 Å². The van der Waals surface area contributed by atoms with E-state index in [9.17, 15) is 15.2 Å². The molecule has 0 aliphatic rings. The summed E-state index contributed by atoms with van der Waals surface area (Å²) in [6, 6.07) is 9.89. The number of nitrogens with one attached hydrogen (secondary N) is 1. The van der Waals surface area contributed by atoms with Gasteiger partial charge in [0, 0.05) is 24.2 Å². The molecule has 0 amide bonds. The van der Waals surface area contributed by atoms with Crippen LogP contribution in [0.2, 0.25) is 5.02 Å². The number of ether oxygens (including phenoxy) is 1. The Hall–Kier alpha value is -2.31. The number of aliphatic hydroxyl groups excluding tert-OH is 1. The van der Waals surface area contributed by atoms with Gasteiger partial charge in [-0.2, -0.15) is 0 Å². The third kappa shape index (κ3) is 3.91. The third-order valence-corrected chi connectivity index (χ3v) is 3.75. The van der Waals surface area contributed by atoms with Crippen LogP contribution in [0.3, 0.4) is 0 Å². The van der Waals surface area contributed by atoms with E-state index in [1.807, 2.05) is 12.1 Å². The van der Waals surface area contributed by atoms with Gasteiger partial charge in [0.1, 0.15) is 5.75 Å². The SMILES string of the molecule is COc1ccccc1C(O)CNc1c(C)cc([N+](=O)[O-])cc1Cl. The number of anilines is 1. The zero-order valence-electron chi connectivity index (χ0n) is 12.7. The van der Waals surface area contributed by atoms with Crippen molar-refractivity contribution in [3.05, 3.63) is 62.7 Å². The number of rotatable bonds is 6. The molecule has 0 aromatic heterocycles. The predicted molar refractivity (Wildman–Crippen MR) is 89.3 cm³/mol. The van der Waals surface area contributed by atoms with Gasteiger partial charge in [-0.05, 0) is 18.6 Å². The summed E-state index contributed by atoms with van der Waals surface area (Å²) in [4.78, 5) is 10.3. The highest BCUT2D eigenvalue weighted by Crippen LogP contribution is 2.32. The van der Waals surface area contributed by atoms with Crippen LogP contribution in [0.1, 0.15) is 17.2 Å². The molecule has 122 valence electrons. The van der Waals surface area contributed by atoms with Crippen molar-refractivity contribution in [2.45, 2.75) is 13.0 Å². The molecule has 0 saturated heterocycles. The number of methoxy groups -OCH3 is 1. The van der Waals surface area contributed by atoms with Crippen molar-refractivity contribution in [1.82, 2.24) is 0 Å². The molecule has 0 saturated carbocycles. The van der Waals surface area contributed by atoms with Gasteiger partial charge in [-0.15, -0.1) is 0 Å². The molecule has 0 fully saturated rings. The zero-order chi connectivity index (χ0) is 17.0. The van der Waals surface area contributed by atoms with E-state index in [0.29, 0.717) is 22.6 Å². The maximum atomic E-state index is 10.8. The van der Waals surface area contributed by atoms with E-state index in [4.69, 9.17) is 16.3 Å². The number of hydrogen-bond donors (Lipinski definition) is 2. The van der Waals surface area contributed by atoms with E-state index in [-0.39, 0.29) is 17.3 Å². The summed E-state index contributed by atoms with van der Waals surface area (Å²) in [5, 5.41) is 24.4. The minimum atomic E-state index is -0.809. The van der Waals surface area contributed by atoms with Crippen LogP contribution >= 0.6 is 11.6 Å². The van der Waals surface area contributed by atoms with Crippen LogP contribution in [0.15, 0.2) is 36.4 Å². The fourth-order valence-electron chi connectivity index (χ4n) is 2.31. The highest BCUT2D eigenvalue weighted by Gasteiger charge is 2.16. The second kappa shape index (κ2) is 7.30. The third-order valence-electron chi connectivity index (χ3n) is 3.45. The molecular formula is C16H17ClN2O4. The standard InChI is InChI=1S/C16H17ClN2O4/c1-10-7-11(19(21)22)8-13(17)16(10)18-9-14(20)12-5-3-4-6-15(12)23-2/h3-8,14,18,20H,9H2,1-2H3. The smallest absolute Gasteiger partial charge is 0.271 e. The Morgan fingerprint density at radius 3 is 2.70 bits per heavy atom. The quantitative estimate of drug-likeness (QED) is 0.620. The number of nitrogens with zero attached hydrogens (tertiary/aromatic N) is 1. The summed E-state index contributed by atoms with van der Waals surface area (Å²) in [6.07, 6.45) is -0.809. The second-order valence-corrected chi connectivity index (χ2v) is 5.42. The van der Waals surface area contributed by atoms with Crippen LogP contribution in [-0.4, -0.2) is 23.7 Å².